The van der Waals surface area contributed by atoms with Gasteiger partial charge in [-0.1, -0.05) is 86.6 Å². The highest BCUT2D eigenvalue weighted by molar-refractivity contribution is 7.89. The first kappa shape index (κ1) is 24.4. The van der Waals surface area contributed by atoms with E-state index in [1.807, 2.05) is 54.6 Å². The summed E-state index contributed by atoms with van der Waals surface area (Å²) in [4.78, 5) is 12.7. The van der Waals surface area contributed by atoms with Crippen LogP contribution in [0.1, 0.15) is 36.5 Å². The van der Waals surface area contributed by atoms with Crippen molar-refractivity contribution in [3.63, 3.8) is 0 Å². The van der Waals surface area contributed by atoms with Crippen LogP contribution >= 0.6 is 0 Å². The van der Waals surface area contributed by atoms with Crippen LogP contribution in [0.15, 0.2) is 94.9 Å². The van der Waals surface area contributed by atoms with Crippen molar-refractivity contribution in [1.82, 2.24) is 9.73 Å². The summed E-state index contributed by atoms with van der Waals surface area (Å²) in [5.41, 5.74) is 5.50. The van der Waals surface area contributed by atoms with Crippen LogP contribution in [0, 0.1) is 0 Å². The molecule has 6 nitrogen and oxygen atoms in total. The van der Waals surface area contributed by atoms with Gasteiger partial charge >= 0.3 is 0 Å². The average molecular weight is 464 g/mol. The molecule has 0 saturated carbocycles. The number of nitrogens with one attached hydrogen (secondary N) is 1. The number of hydrogen-bond acceptors (Lipinski definition) is 4. The van der Waals surface area contributed by atoms with Crippen molar-refractivity contribution in [1.29, 1.82) is 0 Å². The lowest BCUT2D eigenvalue weighted by Gasteiger charge is -2.21. The van der Waals surface area contributed by atoms with Crippen LogP contribution in [-0.2, 0) is 21.2 Å². The van der Waals surface area contributed by atoms with E-state index in [1.165, 1.54) is 22.0 Å². The number of carbonyl (C=O) groups excluding carboxylic acids is 1. The maximum Gasteiger partial charge on any atom is 0.255 e. The first-order valence-corrected chi connectivity index (χ1v) is 12.3. The number of benzene rings is 3. The van der Waals surface area contributed by atoms with Gasteiger partial charge in [0, 0.05) is 6.54 Å². The first-order valence-electron chi connectivity index (χ1n) is 10.9. The number of hydrazone groups is 1. The van der Waals surface area contributed by atoms with E-state index in [9.17, 15) is 13.2 Å². The van der Waals surface area contributed by atoms with E-state index >= 15 is 0 Å². The molecule has 1 amide bonds. The SMILES string of the molecule is CC(C)c1ccc(/C=N\NC(=O)CN(CCc2ccccc2)S(=O)(=O)c2ccccc2)cc1. The van der Waals surface area contributed by atoms with Gasteiger partial charge in [-0.15, -0.1) is 0 Å². The third-order valence-electron chi connectivity index (χ3n) is 5.20. The minimum atomic E-state index is -3.84. The predicted octanol–water partition coefficient (Wildman–Crippen LogP) is 4.19. The molecular weight excluding hydrogens is 434 g/mol. The van der Waals surface area contributed by atoms with Crippen LogP contribution < -0.4 is 5.43 Å². The largest absolute Gasteiger partial charge is 0.272 e. The molecule has 0 aliphatic rings. The van der Waals surface area contributed by atoms with Crippen LogP contribution in [0.25, 0.3) is 0 Å². The fourth-order valence-corrected chi connectivity index (χ4v) is 4.68. The van der Waals surface area contributed by atoms with E-state index in [4.69, 9.17) is 0 Å². The van der Waals surface area contributed by atoms with E-state index in [1.54, 1.807) is 24.4 Å². The lowest BCUT2D eigenvalue weighted by atomic mass is 10.0. The van der Waals surface area contributed by atoms with Crippen molar-refractivity contribution in [2.24, 2.45) is 5.10 Å². The smallest absolute Gasteiger partial charge is 0.255 e. The van der Waals surface area contributed by atoms with Gasteiger partial charge in [0.05, 0.1) is 17.7 Å². The molecule has 0 atom stereocenters. The average Bonchev–Trinajstić information content (AvgIpc) is 2.83. The van der Waals surface area contributed by atoms with E-state index in [-0.39, 0.29) is 18.0 Å². The summed E-state index contributed by atoms with van der Waals surface area (Å²) in [6.45, 7) is 4.09. The molecule has 3 rings (SSSR count). The molecule has 0 heterocycles. The van der Waals surface area contributed by atoms with Gasteiger partial charge in [0.1, 0.15) is 0 Å². The van der Waals surface area contributed by atoms with Crippen LogP contribution in [0.5, 0.6) is 0 Å². The Morgan fingerprint density at radius 2 is 1.55 bits per heavy atom. The molecule has 0 unspecified atom stereocenters. The minimum absolute atomic E-state index is 0.152. The van der Waals surface area contributed by atoms with Gasteiger partial charge in [-0.2, -0.15) is 9.41 Å². The molecule has 3 aromatic carbocycles. The lowest BCUT2D eigenvalue weighted by molar-refractivity contribution is -0.121. The van der Waals surface area contributed by atoms with Crippen LogP contribution in [-0.4, -0.2) is 37.9 Å². The third kappa shape index (κ3) is 7.10. The molecule has 7 heteroatoms. The highest BCUT2D eigenvalue weighted by atomic mass is 32.2. The molecule has 0 radical (unpaired) electrons. The minimum Gasteiger partial charge on any atom is -0.272 e. The molecule has 0 aliphatic carbocycles. The van der Waals surface area contributed by atoms with Crippen molar-refractivity contribution in [2.75, 3.05) is 13.1 Å². The number of sulfonamides is 1. The van der Waals surface area contributed by atoms with E-state index in [0.717, 1.165) is 11.1 Å². The molecule has 0 aliphatic heterocycles. The van der Waals surface area contributed by atoms with Crippen molar-refractivity contribution in [2.45, 2.75) is 31.1 Å². The monoisotopic (exact) mass is 463 g/mol. The number of rotatable bonds is 10. The molecule has 0 fully saturated rings. The molecule has 3 aromatic rings. The number of amides is 1. The Morgan fingerprint density at radius 3 is 2.15 bits per heavy atom. The van der Waals surface area contributed by atoms with Crippen LogP contribution in [0.2, 0.25) is 0 Å². The molecule has 1 N–H and O–H groups in total. The quantitative estimate of drug-likeness (QED) is 0.362. The zero-order chi connectivity index (χ0) is 23.7. The normalized spacial score (nSPS) is 11.9. The van der Waals surface area contributed by atoms with Crippen molar-refractivity contribution in [3.05, 3.63) is 102 Å². The highest BCUT2D eigenvalue weighted by Crippen LogP contribution is 2.16. The maximum absolute atomic E-state index is 13.2. The standard InChI is InChI=1S/C26H29N3O3S/c1-21(2)24-15-13-23(14-16-24)19-27-28-26(30)20-29(18-17-22-9-5-3-6-10-22)33(31,32)25-11-7-4-8-12-25/h3-16,19,21H,17-18,20H2,1-2H3,(H,28,30)/b27-19-. The van der Waals surface area contributed by atoms with Gasteiger partial charge in [-0.3, -0.25) is 4.79 Å². The van der Waals surface area contributed by atoms with Gasteiger partial charge in [0.15, 0.2) is 0 Å². The maximum atomic E-state index is 13.2. The molecule has 0 bridgehead atoms. The Balaban J connectivity index is 1.68. The second-order valence-corrected chi connectivity index (χ2v) is 9.94. The van der Waals surface area contributed by atoms with E-state index in [2.05, 4.69) is 24.4 Å². The summed E-state index contributed by atoms with van der Waals surface area (Å²) >= 11 is 0. The van der Waals surface area contributed by atoms with Crippen LogP contribution in [0.3, 0.4) is 0 Å². The second-order valence-electron chi connectivity index (χ2n) is 8.00. The molecule has 33 heavy (non-hydrogen) atoms. The Hall–Kier alpha value is -3.29. The Kier molecular flexibility index (Phi) is 8.52. The van der Waals surface area contributed by atoms with Gasteiger partial charge in [-0.05, 0) is 41.2 Å². The number of nitrogens with zero attached hydrogens (tertiary/aromatic N) is 2. The zero-order valence-corrected chi connectivity index (χ0v) is 19.7. The summed E-state index contributed by atoms with van der Waals surface area (Å²) in [5, 5.41) is 4.00. The van der Waals surface area contributed by atoms with Gasteiger partial charge in [0.2, 0.25) is 10.0 Å². The number of hydrogen-bond donors (Lipinski definition) is 1. The van der Waals surface area contributed by atoms with E-state index < -0.39 is 15.9 Å². The Labute approximate surface area is 196 Å². The van der Waals surface area contributed by atoms with Crippen LogP contribution in [0.4, 0.5) is 0 Å². The summed E-state index contributed by atoms with van der Waals surface area (Å²) in [6, 6.07) is 25.6. The highest BCUT2D eigenvalue weighted by Gasteiger charge is 2.26. The summed E-state index contributed by atoms with van der Waals surface area (Å²) < 4.78 is 27.5. The fraction of sp³-hybridized carbons (Fsp3) is 0.231. The molecule has 0 spiro atoms. The van der Waals surface area contributed by atoms with E-state index in [0.29, 0.717) is 12.3 Å². The third-order valence-corrected chi connectivity index (χ3v) is 7.06. The topological polar surface area (TPSA) is 78.8 Å². The molecule has 172 valence electrons. The second kappa shape index (κ2) is 11.5. The Bertz CT molecular complexity index is 1160. The molecule has 0 aromatic heterocycles. The van der Waals surface area contributed by atoms with Crippen molar-refractivity contribution in [3.8, 4) is 0 Å². The van der Waals surface area contributed by atoms with Crippen molar-refractivity contribution >= 4 is 22.1 Å². The molecular formula is C26H29N3O3S. The van der Waals surface area contributed by atoms with Crippen molar-refractivity contribution < 1.29 is 13.2 Å². The Morgan fingerprint density at radius 1 is 0.939 bits per heavy atom. The van der Waals surface area contributed by atoms with Gasteiger partial charge < -0.3 is 0 Å². The summed E-state index contributed by atoms with van der Waals surface area (Å²) in [7, 11) is -3.84. The summed E-state index contributed by atoms with van der Waals surface area (Å²) in [5.74, 6) is -0.0678. The summed E-state index contributed by atoms with van der Waals surface area (Å²) in [6.07, 6.45) is 2.04. The zero-order valence-electron chi connectivity index (χ0n) is 18.9. The van der Waals surface area contributed by atoms with Gasteiger partial charge in [-0.25, -0.2) is 13.8 Å². The number of carbonyl (C=O) groups is 1. The lowest BCUT2D eigenvalue weighted by Crippen LogP contribution is -2.40. The molecule has 0 saturated heterocycles. The predicted molar refractivity (Wildman–Crippen MR) is 132 cm³/mol. The van der Waals surface area contributed by atoms with Gasteiger partial charge in [0.25, 0.3) is 5.91 Å². The fourth-order valence-electron chi connectivity index (χ4n) is 3.27. The first-order chi connectivity index (χ1) is 15.9.